The summed E-state index contributed by atoms with van der Waals surface area (Å²) in [6, 6.07) is 0.654. The molecule has 32 heavy (non-hydrogen) atoms. The maximum absolute atomic E-state index is 13.1. The summed E-state index contributed by atoms with van der Waals surface area (Å²) in [5, 5.41) is 6.87. The van der Waals surface area contributed by atoms with Gasteiger partial charge >= 0.3 is 5.97 Å². The zero-order chi connectivity index (χ0) is 23.6. The average Bonchev–Trinajstić information content (AvgIpc) is 3.29. The molecule has 1 aliphatic heterocycles. The number of likely N-dealkylation sites (tertiary alicyclic amines) is 1. The van der Waals surface area contributed by atoms with Gasteiger partial charge in [0, 0.05) is 12.1 Å². The number of rotatable bonds is 8. The molecule has 1 N–H and O–H groups in total. The van der Waals surface area contributed by atoms with Gasteiger partial charge in [-0.2, -0.15) is 5.10 Å². The van der Waals surface area contributed by atoms with Crippen LogP contribution in [0.4, 0.5) is 5.82 Å². The van der Waals surface area contributed by atoms with Crippen LogP contribution < -0.4 is 5.32 Å². The van der Waals surface area contributed by atoms with Gasteiger partial charge in [-0.1, -0.05) is 26.0 Å². The number of fused-ring (bicyclic) bond motifs is 1. The van der Waals surface area contributed by atoms with Gasteiger partial charge in [0.1, 0.15) is 11.9 Å². The molecule has 4 atom stereocenters. The lowest BCUT2D eigenvalue weighted by atomic mass is 9.85. The summed E-state index contributed by atoms with van der Waals surface area (Å²) in [7, 11) is 0. The van der Waals surface area contributed by atoms with E-state index in [2.05, 4.69) is 10.4 Å². The van der Waals surface area contributed by atoms with Crippen molar-refractivity contribution in [2.45, 2.75) is 72.1 Å². The van der Waals surface area contributed by atoms with E-state index in [-0.39, 0.29) is 30.2 Å². The highest BCUT2D eigenvalue weighted by Gasteiger charge is 2.51. The number of allylic oxidation sites excluding steroid dienone is 2. The summed E-state index contributed by atoms with van der Waals surface area (Å²) in [6.45, 7) is 9.14. The normalized spacial score (nSPS) is 22.3. The molecule has 1 aliphatic carbocycles. The van der Waals surface area contributed by atoms with Crippen LogP contribution in [0.2, 0.25) is 0 Å². The van der Waals surface area contributed by atoms with Crippen LogP contribution in [0.15, 0.2) is 24.4 Å². The van der Waals surface area contributed by atoms with Crippen LogP contribution in [-0.4, -0.2) is 50.5 Å². The number of hydrogen-bond acceptors (Lipinski definition) is 6. The van der Waals surface area contributed by atoms with Crippen molar-refractivity contribution in [3.05, 3.63) is 24.4 Å². The molecule has 1 aromatic rings. The Labute approximate surface area is 188 Å². The molecule has 3 rings (SSSR count). The highest BCUT2D eigenvalue weighted by Crippen LogP contribution is 2.37. The van der Waals surface area contributed by atoms with Crippen molar-refractivity contribution in [1.29, 1.82) is 0 Å². The van der Waals surface area contributed by atoms with Crippen molar-refractivity contribution in [2.24, 2.45) is 17.8 Å². The number of anilines is 1. The van der Waals surface area contributed by atoms with Crippen LogP contribution in [0, 0.1) is 17.8 Å². The van der Waals surface area contributed by atoms with Gasteiger partial charge in [0.25, 0.3) is 5.91 Å². The number of aromatic nitrogens is 2. The van der Waals surface area contributed by atoms with Crippen molar-refractivity contribution in [1.82, 2.24) is 14.7 Å². The summed E-state index contributed by atoms with van der Waals surface area (Å²) in [5.74, 6) is -2.23. The molecular formula is C23H32N4O5. The van der Waals surface area contributed by atoms with E-state index in [0.717, 1.165) is 4.90 Å². The van der Waals surface area contributed by atoms with Gasteiger partial charge in [-0.05, 0) is 46.0 Å². The summed E-state index contributed by atoms with van der Waals surface area (Å²) < 4.78 is 7.09. The Bertz CT molecular complexity index is 893. The van der Waals surface area contributed by atoms with E-state index in [9.17, 15) is 19.2 Å². The van der Waals surface area contributed by atoms with Crippen molar-refractivity contribution in [2.75, 3.05) is 5.32 Å². The summed E-state index contributed by atoms with van der Waals surface area (Å²) in [4.78, 5) is 52.8. The Morgan fingerprint density at radius 2 is 1.69 bits per heavy atom. The third kappa shape index (κ3) is 4.76. The van der Waals surface area contributed by atoms with E-state index < -0.39 is 35.9 Å². The van der Waals surface area contributed by atoms with E-state index in [1.165, 1.54) is 6.92 Å². The van der Waals surface area contributed by atoms with E-state index in [1.54, 1.807) is 16.9 Å². The van der Waals surface area contributed by atoms with E-state index >= 15 is 0 Å². The monoisotopic (exact) mass is 444 g/mol. The van der Waals surface area contributed by atoms with Gasteiger partial charge < -0.3 is 10.1 Å². The predicted molar refractivity (Wildman–Crippen MR) is 117 cm³/mol. The highest BCUT2D eigenvalue weighted by atomic mass is 16.5. The lowest BCUT2D eigenvalue weighted by Gasteiger charge is -2.27. The molecule has 4 unspecified atom stereocenters. The summed E-state index contributed by atoms with van der Waals surface area (Å²) in [6.07, 6.45) is 5.54. The zero-order valence-corrected chi connectivity index (χ0v) is 19.3. The largest absolute Gasteiger partial charge is 0.451 e. The fourth-order valence-corrected chi connectivity index (χ4v) is 4.25. The van der Waals surface area contributed by atoms with E-state index in [0.29, 0.717) is 18.7 Å². The number of hydrogen-bond donors (Lipinski definition) is 1. The first-order valence-corrected chi connectivity index (χ1v) is 11.2. The van der Waals surface area contributed by atoms with Gasteiger partial charge in [-0.15, -0.1) is 0 Å². The van der Waals surface area contributed by atoms with Gasteiger partial charge in [0.15, 0.2) is 6.10 Å². The average molecular weight is 445 g/mol. The molecule has 2 heterocycles. The Balaban J connectivity index is 1.72. The number of amides is 3. The van der Waals surface area contributed by atoms with Crippen LogP contribution in [0.5, 0.6) is 0 Å². The molecular weight excluding hydrogens is 412 g/mol. The van der Waals surface area contributed by atoms with Gasteiger partial charge in [0.05, 0.1) is 18.0 Å². The smallest absolute Gasteiger partial charge is 0.330 e. The molecule has 2 aliphatic rings. The minimum absolute atomic E-state index is 0.0402. The van der Waals surface area contributed by atoms with E-state index in [1.807, 2.05) is 39.8 Å². The molecule has 3 amide bonds. The molecule has 1 saturated heterocycles. The molecule has 0 spiro atoms. The highest BCUT2D eigenvalue weighted by molar-refractivity contribution is 6.08. The van der Waals surface area contributed by atoms with Crippen molar-refractivity contribution < 1.29 is 23.9 Å². The summed E-state index contributed by atoms with van der Waals surface area (Å²) in [5.41, 5.74) is 0. The molecule has 1 aromatic heterocycles. The fourth-order valence-electron chi connectivity index (χ4n) is 4.25. The second-order valence-electron chi connectivity index (χ2n) is 9.17. The van der Waals surface area contributed by atoms with Crippen LogP contribution in [0.3, 0.4) is 0 Å². The van der Waals surface area contributed by atoms with Gasteiger partial charge in [-0.3, -0.25) is 19.3 Å². The maximum atomic E-state index is 13.1. The third-order valence-electron chi connectivity index (χ3n) is 5.89. The zero-order valence-electron chi connectivity index (χ0n) is 19.3. The lowest BCUT2D eigenvalue weighted by Crippen LogP contribution is -2.48. The number of esters is 1. The van der Waals surface area contributed by atoms with Crippen LogP contribution >= 0.6 is 0 Å². The minimum atomic E-state index is -1.11. The molecule has 0 radical (unpaired) electrons. The standard InChI is InChI=1S/C23H32N4O5/c1-13(2)12-18(26-21(29)16-8-6-7-9-17(16)22(26)30)23(31)32-15(5)20(28)25-19-10-11-24-27(19)14(3)4/h6-7,10-11,13-18H,8-9,12H2,1-5H3,(H,25,28). The Morgan fingerprint density at radius 3 is 2.22 bits per heavy atom. The Hall–Kier alpha value is -2.97. The Morgan fingerprint density at radius 1 is 1.09 bits per heavy atom. The SMILES string of the molecule is CC(C)CC(C(=O)OC(C)C(=O)Nc1ccnn1C(C)C)N1C(=O)C2CC=CCC2C1=O. The quantitative estimate of drug-likeness (QED) is 0.375. The van der Waals surface area contributed by atoms with Crippen LogP contribution in [-0.2, 0) is 23.9 Å². The minimum Gasteiger partial charge on any atom is -0.451 e. The van der Waals surface area contributed by atoms with Crippen LogP contribution in [0.25, 0.3) is 0 Å². The first-order chi connectivity index (χ1) is 15.1. The van der Waals surface area contributed by atoms with E-state index in [4.69, 9.17) is 4.74 Å². The maximum Gasteiger partial charge on any atom is 0.330 e. The Kier molecular flexibility index (Phi) is 7.16. The number of imide groups is 1. The molecule has 1 fully saturated rings. The lowest BCUT2D eigenvalue weighted by molar-refractivity contribution is -0.164. The second-order valence-corrected chi connectivity index (χ2v) is 9.17. The summed E-state index contributed by atoms with van der Waals surface area (Å²) >= 11 is 0. The van der Waals surface area contributed by atoms with Gasteiger partial charge in [0.2, 0.25) is 11.8 Å². The van der Waals surface area contributed by atoms with Crippen molar-refractivity contribution >= 4 is 29.5 Å². The van der Waals surface area contributed by atoms with Crippen LogP contribution in [0.1, 0.15) is 59.9 Å². The molecule has 0 saturated carbocycles. The molecule has 0 bridgehead atoms. The second kappa shape index (κ2) is 9.67. The molecule has 0 aromatic carbocycles. The number of carbonyl (C=O) groups is 4. The number of nitrogens with one attached hydrogen (secondary N) is 1. The molecule has 174 valence electrons. The first kappa shape index (κ1) is 23.7. The first-order valence-electron chi connectivity index (χ1n) is 11.2. The molecule has 9 heteroatoms. The number of nitrogens with zero attached hydrogens (tertiary/aromatic N) is 3. The topological polar surface area (TPSA) is 111 Å². The number of ether oxygens (including phenoxy) is 1. The third-order valence-corrected chi connectivity index (χ3v) is 5.89. The van der Waals surface area contributed by atoms with Crippen molar-refractivity contribution in [3.8, 4) is 0 Å². The predicted octanol–water partition coefficient (Wildman–Crippen LogP) is 2.70. The van der Waals surface area contributed by atoms with Gasteiger partial charge in [-0.25, -0.2) is 9.48 Å². The number of carbonyl (C=O) groups excluding carboxylic acids is 4. The molecule has 9 nitrogen and oxygen atoms in total. The van der Waals surface area contributed by atoms with Crippen molar-refractivity contribution in [3.63, 3.8) is 0 Å². The fraction of sp³-hybridized carbons (Fsp3) is 0.609.